The fourth-order valence-electron chi connectivity index (χ4n) is 3.34. The van der Waals surface area contributed by atoms with Gasteiger partial charge in [0.05, 0.1) is 24.8 Å². The summed E-state index contributed by atoms with van der Waals surface area (Å²) in [6, 6.07) is 6.44. The number of carbonyl (C=O) groups is 2. The van der Waals surface area contributed by atoms with Gasteiger partial charge < -0.3 is 14.7 Å². The quantitative estimate of drug-likeness (QED) is 0.864. The molecule has 0 aromatic heterocycles. The highest BCUT2D eigenvalue weighted by atomic mass is 35.5. The number of nitrogens with zero attached hydrogens (tertiary/aromatic N) is 2. The monoisotopic (exact) mass is 364 g/mol. The first-order valence-corrected chi connectivity index (χ1v) is 8.68. The van der Waals surface area contributed by atoms with E-state index in [0.29, 0.717) is 36.9 Å². The van der Waals surface area contributed by atoms with Crippen LogP contribution in [0.25, 0.3) is 0 Å². The number of hydrogen-bond donors (Lipinski definition) is 1. The molecule has 1 atom stereocenters. The smallest absolute Gasteiger partial charge is 0.290 e. The molecule has 3 rings (SSSR count). The zero-order chi connectivity index (χ0) is 18.0. The lowest BCUT2D eigenvalue weighted by Gasteiger charge is -2.31. The van der Waals surface area contributed by atoms with Gasteiger partial charge in [-0.25, -0.2) is 0 Å². The summed E-state index contributed by atoms with van der Waals surface area (Å²) in [5.41, 5.74) is 0.758. The Labute approximate surface area is 151 Å². The Morgan fingerprint density at radius 2 is 1.96 bits per heavy atom. The van der Waals surface area contributed by atoms with Gasteiger partial charge >= 0.3 is 0 Å². The second-order valence-electron chi connectivity index (χ2n) is 6.20. The van der Waals surface area contributed by atoms with Gasteiger partial charge in [-0.2, -0.15) is 0 Å². The molecule has 2 aliphatic rings. The molecular weight excluding hydrogens is 344 g/mol. The Bertz CT molecular complexity index is 713. The third-order valence-electron chi connectivity index (χ3n) is 4.64. The first-order chi connectivity index (χ1) is 12.0. The molecule has 2 heterocycles. The van der Waals surface area contributed by atoms with Crippen LogP contribution in [0.3, 0.4) is 0 Å². The molecule has 25 heavy (non-hydrogen) atoms. The summed E-state index contributed by atoms with van der Waals surface area (Å²) in [6.07, 6.45) is 0. The van der Waals surface area contributed by atoms with Crippen molar-refractivity contribution in [1.29, 1.82) is 0 Å². The minimum Gasteiger partial charge on any atom is -0.503 e. The summed E-state index contributed by atoms with van der Waals surface area (Å²) in [4.78, 5) is 28.4. The van der Waals surface area contributed by atoms with Crippen molar-refractivity contribution >= 4 is 23.3 Å². The van der Waals surface area contributed by atoms with E-state index in [1.54, 1.807) is 24.3 Å². The first kappa shape index (κ1) is 17.9. The van der Waals surface area contributed by atoms with E-state index in [1.807, 2.05) is 0 Å². The Balaban J connectivity index is 1.88. The number of aliphatic hydroxyl groups excluding tert-OH is 1. The lowest BCUT2D eigenvalue weighted by Crippen LogP contribution is -2.43. The summed E-state index contributed by atoms with van der Waals surface area (Å²) >= 11 is 6.30. The predicted octanol–water partition coefficient (Wildman–Crippen LogP) is 1.96. The highest BCUT2D eigenvalue weighted by molar-refractivity contribution is 6.31. The predicted molar refractivity (Wildman–Crippen MR) is 93.5 cm³/mol. The normalized spacial score (nSPS) is 21.9. The molecule has 1 aromatic rings. The number of Topliss-reactive ketones (excluding diaryl/α,β-unsaturated/α-hetero) is 1. The minimum atomic E-state index is -0.653. The summed E-state index contributed by atoms with van der Waals surface area (Å²) in [5, 5.41) is 10.7. The number of aliphatic hydroxyl groups is 1. The van der Waals surface area contributed by atoms with E-state index < -0.39 is 17.7 Å². The van der Waals surface area contributed by atoms with Gasteiger partial charge in [0.2, 0.25) is 0 Å². The summed E-state index contributed by atoms with van der Waals surface area (Å²) in [5.74, 6) is -1.33. The topological polar surface area (TPSA) is 70.1 Å². The first-order valence-electron chi connectivity index (χ1n) is 8.30. The van der Waals surface area contributed by atoms with Crippen molar-refractivity contribution in [2.45, 2.75) is 13.0 Å². The molecule has 1 aromatic carbocycles. The number of morpholine rings is 1. The van der Waals surface area contributed by atoms with Crippen molar-refractivity contribution in [1.82, 2.24) is 9.80 Å². The molecule has 134 valence electrons. The van der Waals surface area contributed by atoms with E-state index in [4.69, 9.17) is 16.3 Å². The van der Waals surface area contributed by atoms with Crippen LogP contribution < -0.4 is 0 Å². The Kier molecular flexibility index (Phi) is 5.42. The van der Waals surface area contributed by atoms with Gasteiger partial charge in [-0.1, -0.05) is 29.8 Å². The van der Waals surface area contributed by atoms with Gasteiger partial charge in [-0.15, -0.1) is 0 Å². The van der Waals surface area contributed by atoms with E-state index in [2.05, 4.69) is 4.90 Å². The number of hydrogen-bond acceptors (Lipinski definition) is 5. The van der Waals surface area contributed by atoms with Gasteiger partial charge in [-0.05, 0) is 18.6 Å². The lowest BCUT2D eigenvalue weighted by atomic mass is 9.96. The minimum absolute atomic E-state index is 0.111. The second kappa shape index (κ2) is 7.56. The molecule has 0 unspecified atom stereocenters. The van der Waals surface area contributed by atoms with Crippen LogP contribution in [0.15, 0.2) is 35.6 Å². The molecule has 0 aliphatic carbocycles. The van der Waals surface area contributed by atoms with Gasteiger partial charge in [0.1, 0.15) is 0 Å². The molecular formula is C18H21ClN2O4. The van der Waals surface area contributed by atoms with Crippen LogP contribution in [0.1, 0.15) is 18.5 Å². The maximum absolute atomic E-state index is 12.6. The highest BCUT2D eigenvalue weighted by Gasteiger charge is 2.42. The molecule has 0 saturated carbocycles. The molecule has 7 heteroatoms. The Morgan fingerprint density at radius 1 is 1.28 bits per heavy atom. The molecule has 2 aliphatic heterocycles. The highest BCUT2D eigenvalue weighted by Crippen LogP contribution is 2.40. The van der Waals surface area contributed by atoms with Gasteiger partial charge in [0.25, 0.3) is 5.91 Å². The van der Waals surface area contributed by atoms with Crippen LogP contribution in [-0.4, -0.2) is 66.0 Å². The van der Waals surface area contributed by atoms with Crippen LogP contribution in [0.2, 0.25) is 5.02 Å². The van der Waals surface area contributed by atoms with Crippen LogP contribution >= 0.6 is 11.6 Å². The molecule has 6 nitrogen and oxygen atoms in total. The summed E-state index contributed by atoms with van der Waals surface area (Å²) in [7, 11) is 0. The molecule has 1 saturated heterocycles. The summed E-state index contributed by atoms with van der Waals surface area (Å²) in [6.45, 7) is 5.35. The fraction of sp³-hybridized carbons (Fsp3) is 0.444. The third-order valence-corrected chi connectivity index (χ3v) is 4.99. The molecule has 0 radical (unpaired) electrons. The fourth-order valence-corrected chi connectivity index (χ4v) is 3.58. The van der Waals surface area contributed by atoms with Crippen molar-refractivity contribution in [3.8, 4) is 0 Å². The number of ether oxygens (including phenoxy) is 1. The standard InChI is InChI=1S/C18H21ClN2O4/c1-12(22)15-16(13-4-2-3-5-14(13)19)21(18(24)17(15)23)7-6-20-8-10-25-11-9-20/h2-5,16,23H,6-11H2,1H3/t16-/m1/s1. The number of halogens is 1. The second-order valence-corrected chi connectivity index (χ2v) is 6.60. The van der Waals surface area contributed by atoms with E-state index >= 15 is 0 Å². The van der Waals surface area contributed by atoms with E-state index in [9.17, 15) is 14.7 Å². The number of ketones is 1. The molecule has 0 bridgehead atoms. The van der Waals surface area contributed by atoms with Crippen LogP contribution in [0.4, 0.5) is 0 Å². The maximum atomic E-state index is 12.6. The number of rotatable bonds is 5. The van der Waals surface area contributed by atoms with Crippen molar-refractivity contribution in [3.63, 3.8) is 0 Å². The van der Waals surface area contributed by atoms with E-state index in [0.717, 1.165) is 13.1 Å². The number of amides is 1. The Morgan fingerprint density at radius 3 is 2.60 bits per heavy atom. The number of carbonyl (C=O) groups excluding carboxylic acids is 2. The zero-order valence-electron chi connectivity index (χ0n) is 14.1. The van der Waals surface area contributed by atoms with Crippen LogP contribution in [-0.2, 0) is 14.3 Å². The third kappa shape index (κ3) is 3.56. The zero-order valence-corrected chi connectivity index (χ0v) is 14.8. The summed E-state index contributed by atoms with van der Waals surface area (Å²) < 4.78 is 5.33. The van der Waals surface area contributed by atoms with Gasteiger partial charge in [-0.3, -0.25) is 14.5 Å². The maximum Gasteiger partial charge on any atom is 0.290 e. The largest absolute Gasteiger partial charge is 0.503 e. The van der Waals surface area contributed by atoms with Gasteiger partial charge in [0.15, 0.2) is 11.5 Å². The van der Waals surface area contributed by atoms with E-state index in [1.165, 1.54) is 11.8 Å². The SMILES string of the molecule is CC(=O)C1=C(O)C(=O)N(CCN2CCOCC2)[C@@H]1c1ccccc1Cl. The van der Waals surface area contributed by atoms with E-state index in [-0.39, 0.29) is 11.4 Å². The lowest BCUT2D eigenvalue weighted by molar-refractivity contribution is -0.129. The molecule has 1 fully saturated rings. The van der Waals surface area contributed by atoms with Gasteiger partial charge in [0, 0.05) is 31.2 Å². The number of benzene rings is 1. The average molecular weight is 365 g/mol. The van der Waals surface area contributed by atoms with Crippen molar-refractivity contribution in [2.24, 2.45) is 0 Å². The average Bonchev–Trinajstić information content (AvgIpc) is 2.85. The van der Waals surface area contributed by atoms with Crippen molar-refractivity contribution in [2.75, 3.05) is 39.4 Å². The molecule has 0 spiro atoms. The van der Waals surface area contributed by atoms with Crippen LogP contribution in [0, 0.1) is 0 Å². The van der Waals surface area contributed by atoms with Crippen LogP contribution in [0.5, 0.6) is 0 Å². The van der Waals surface area contributed by atoms with Crippen molar-refractivity contribution < 1.29 is 19.4 Å². The van der Waals surface area contributed by atoms with Crippen molar-refractivity contribution in [3.05, 3.63) is 46.2 Å². The molecule has 1 N–H and O–H groups in total. The molecule has 1 amide bonds. The Hall–Kier alpha value is -1.89.